The average Bonchev–Trinajstić information content (AvgIpc) is 2.99. The van der Waals surface area contributed by atoms with E-state index in [4.69, 9.17) is 21.7 Å². The van der Waals surface area contributed by atoms with Crippen molar-refractivity contribution >= 4 is 45.4 Å². The number of hydrogen-bond acceptors (Lipinski definition) is 7. The van der Waals surface area contributed by atoms with Crippen molar-refractivity contribution in [1.82, 2.24) is 15.0 Å². The molecule has 136 valence electrons. The van der Waals surface area contributed by atoms with E-state index in [1.54, 1.807) is 11.8 Å². The van der Waals surface area contributed by atoms with Gasteiger partial charge in [0, 0.05) is 18.7 Å². The Morgan fingerprint density at radius 1 is 1.32 bits per heavy atom. The minimum Gasteiger partial charge on any atom is -0.479 e. The lowest BCUT2D eigenvalue weighted by molar-refractivity contribution is -0.141. The number of fused-ring (bicyclic) bond motifs is 1. The van der Waals surface area contributed by atoms with Crippen LogP contribution in [0, 0.1) is 0 Å². The fourth-order valence-electron chi connectivity index (χ4n) is 2.43. The van der Waals surface area contributed by atoms with Crippen LogP contribution in [0.1, 0.15) is 33.1 Å². The van der Waals surface area contributed by atoms with Crippen molar-refractivity contribution in [3.8, 4) is 0 Å². The molecule has 0 aliphatic heterocycles. The van der Waals surface area contributed by atoms with Crippen molar-refractivity contribution in [3.05, 3.63) is 24.3 Å². The fourth-order valence-corrected chi connectivity index (χ4v) is 3.92. The number of carbonyl (C=O) groups is 1. The molecule has 0 saturated heterocycles. The van der Waals surface area contributed by atoms with E-state index in [9.17, 15) is 4.79 Å². The monoisotopic (exact) mass is 381 g/mol. The lowest BCUT2D eigenvalue weighted by atomic mass is 10.2. The van der Waals surface area contributed by atoms with E-state index in [0.717, 1.165) is 36.8 Å². The van der Waals surface area contributed by atoms with Gasteiger partial charge < -0.3 is 9.47 Å². The summed E-state index contributed by atoms with van der Waals surface area (Å²) in [4.78, 5) is 10.9. The molecule has 0 amide bonds. The molecule has 0 radical (unpaired) electrons. The summed E-state index contributed by atoms with van der Waals surface area (Å²) in [6.07, 6.45) is 2.56. The van der Waals surface area contributed by atoms with Crippen LogP contribution in [0.15, 0.2) is 24.3 Å². The zero-order chi connectivity index (χ0) is 18.1. The van der Waals surface area contributed by atoms with Crippen molar-refractivity contribution in [1.29, 1.82) is 0 Å². The molecule has 1 atom stereocenters. The Kier molecular flexibility index (Phi) is 8.14. The van der Waals surface area contributed by atoms with E-state index in [1.807, 2.05) is 35.9 Å². The second-order valence-corrected chi connectivity index (χ2v) is 7.40. The van der Waals surface area contributed by atoms with Gasteiger partial charge >= 0.3 is 5.97 Å². The number of benzene rings is 1. The Hall–Kier alpha value is -1.67. The minimum absolute atomic E-state index is 0.247. The van der Waals surface area contributed by atoms with E-state index in [2.05, 4.69) is 10.3 Å². The number of hydrogen-bond donors (Lipinski definition) is 0. The third kappa shape index (κ3) is 6.62. The van der Waals surface area contributed by atoms with Gasteiger partial charge in [-0.15, -0.1) is 5.10 Å². The predicted molar refractivity (Wildman–Crippen MR) is 104 cm³/mol. The maximum atomic E-state index is 10.9. The van der Waals surface area contributed by atoms with Crippen molar-refractivity contribution < 1.29 is 14.3 Å². The Labute approximate surface area is 157 Å². The van der Waals surface area contributed by atoms with Crippen molar-refractivity contribution in [2.45, 2.75) is 44.9 Å². The summed E-state index contributed by atoms with van der Waals surface area (Å²) < 4.78 is 12.9. The third-order valence-corrected chi connectivity index (χ3v) is 5.11. The van der Waals surface area contributed by atoms with Gasteiger partial charge in [0.05, 0.1) is 18.7 Å². The first-order valence-corrected chi connectivity index (χ1v) is 9.64. The van der Waals surface area contributed by atoms with Crippen LogP contribution in [0.3, 0.4) is 0 Å². The third-order valence-electron chi connectivity index (χ3n) is 3.58. The molecule has 0 aliphatic carbocycles. The summed E-state index contributed by atoms with van der Waals surface area (Å²) >= 11 is 6.82. The van der Waals surface area contributed by atoms with Gasteiger partial charge in [-0.25, -0.2) is 4.68 Å². The summed E-state index contributed by atoms with van der Waals surface area (Å²) in [7, 11) is 0. The van der Waals surface area contributed by atoms with Crippen molar-refractivity contribution in [2.24, 2.45) is 0 Å². The predicted octanol–water partition coefficient (Wildman–Crippen LogP) is 3.59. The highest BCUT2D eigenvalue weighted by Crippen LogP contribution is 2.24. The van der Waals surface area contributed by atoms with Gasteiger partial charge in [0.2, 0.25) is 4.38 Å². The number of thiocarbonyl (C=S) groups is 1. The first-order chi connectivity index (χ1) is 12.1. The molecule has 1 aromatic heterocycles. The molecule has 8 heteroatoms. The van der Waals surface area contributed by atoms with E-state index < -0.39 is 0 Å². The number of rotatable bonds is 9. The maximum Gasteiger partial charge on any atom is 0.302 e. The van der Waals surface area contributed by atoms with Gasteiger partial charge in [-0.05, 0) is 50.5 Å². The summed E-state index contributed by atoms with van der Waals surface area (Å²) in [6.45, 7) is 5.09. The largest absolute Gasteiger partial charge is 0.479 e. The molecule has 0 fully saturated rings. The summed E-state index contributed by atoms with van der Waals surface area (Å²) in [5.41, 5.74) is 1.92. The molecule has 1 heterocycles. The molecule has 6 nitrogen and oxygen atoms in total. The smallest absolute Gasteiger partial charge is 0.302 e. The molecular weight excluding hydrogens is 358 g/mol. The van der Waals surface area contributed by atoms with Gasteiger partial charge in [0.1, 0.15) is 5.52 Å². The Bertz CT molecular complexity index is 705. The number of carbonyl (C=O) groups excluding carboxylic acids is 1. The van der Waals surface area contributed by atoms with Crippen LogP contribution < -0.4 is 0 Å². The Balaban J connectivity index is 1.91. The van der Waals surface area contributed by atoms with E-state index in [1.165, 1.54) is 6.92 Å². The highest BCUT2D eigenvalue weighted by molar-refractivity contribution is 8.23. The van der Waals surface area contributed by atoms with E-state index in [0.29, 0.717) is 17.6 Å². The molecule has 1 aromatic carbocycles. The van der Waals surface area contributed by atoms with Crippen LogP contribution in [0.4, 0.5) is 0 Å². The first-order valence-electron chi connectivity index (χ1n) is 8.35. The van der Waals surface area contributed by atoms with Gasteiger partial charge in [-0.2, -0.15) is 0 Å². The molecular formula is C17H23N3O3S2. The number of aryl methyl sites for hydroxylation is 1. The second kappa shape index (κ2) is 10.4. The van der Waals surface area contributed by atoms with E-state index in [-0.39, 0.29) is 11.2 Å². The molecule has 0 N–H and O–H groups in total. The second-order valence-electron chi connectivity index (χ2n) is 5.50. The SMILES string of the molecule is CCOC(=S)SC(CCCOC(C)=O)CCn1nnc2ccccc21. The molecule has 25 heavy (non-hydrogen) atoms. The van der Waals surface area contributed by atoms with E-state index >= 15 is 0 Å². The van der Waals surface area contributed by atoms with Crippen molar-refractivity contribution in [3.63, 3.8) is 0 Å². The molecule has 1 unspecified atom stereocenters. The topological polar surface area (TPSA) is 66.2 Å². The lowest BCUT2D eigenvalue weighted by Crippen LogP contribution is -2.14. The minimum atomic E-state index is -0.247. The normalized spacial score (nSPS) is 12.1. The van der Waals surface area contributed by atoms with Crippen LogP contribution in [0.2, 0.25) is 0 Å². The summed E-state index contributed by atoms with van der Waals surface area (Å²) in [6, 6.07) is 7.91. The molecule has 0 spiro atoms. The number of esters is 1. The first kappa shape index (κ1) is 19.7. The highest BCUT2D eigenvalue weighted by Gasteiger charge is 2.15. The average molecular weight is 382 g/mol. The molecule has 2 rings (SSSR count). The number of thioether (sulfide) groups is 1. The zero-order valence-corrected chi connectivity index (χ0v) is 16.1. The molecule has 0 bridgehead atoms. The molecule has 2 aromatic rings. The quantitative estimate of drug-likeness (QED) is 0.373. The maximum absolute atomic E-state index is 10.9. The highest BCUT2D eigenvalue weighted by atomic mass is 32.2. The van der Waals surface area contributed by atoms with Crippen LogP contribution in [-0.2, 0) is 20.8 Å². The van der Waals surface area contributed by atoms with Crippen molar-refractivity contribution in [2.75, 3.05) is 13.2 Å². The summed E-state index contributed by atoms with van der Waals surface area (Å²) in [5, 5.41) is 8.68. The van der Waals surface area contributed by atoms with Crippen LogP contribution in [0.25, 0.3) is 11.0 Å². The van der Waals surface area contributed by atoms with Gasteiger partial charge in [0.25, 0.3) is 0 Å². The van der Waals surface area contributed by atoms with Gasteiger partial charge in [-0.3, -0.25) is 4.79 Å². The van der Waals surface area contributed by atoms with Gasteiger partial charge in [0.15, 0.2) is 0 Å². The number of ether oxygens (including phenoxy) is 2. The Morgan fingerprint density at radius 3 is 2.88 bits per heavy atom. The van der Waals surface area contributed by atoms with Gasteiger partial charge in [-0.1, -0.05) is 29.1 Å². The molecule has 0 saturated carbocycles. The summed E-state index contributed by atoms with van der Waals surface area (Å²) in [5.74, 6) is -0.247. The van der Waals surface area contributed by atoms with Crippen LogP contribution in [0.5, 0.6) is 0 Å². The number of para-hydroxylation sites is 1. The standard InChI is InChI=1S/C17H23N3O3S2/c1-3-22-17(24)25-14(7-6-12-23-13(2)21)10-11-20-16-9-5-4-8-15(16)18-19-20/h4-5,8-9,14H,3,6-7,10-12H2,1-2H3. The zero-order valence-electron chi connectivity index (χ0n) is 14.5. The molecule has 0 aliphatic rings. The lowest BCUT2D eigenvalue weighted by Gasteiger charge is -2.17. The Morgan fingerprint density at radius 2 is 2.12 bits per heavy atom. The number of aromatic nitrogens is 3. The van der Waals surface area contributed by atoms with Crippen LogP contribution in [-0.4, -0.2) is 43.8 Å². The van der Waals surface area contributed by atoms with Crippen LogP contribution >= 0.6 is 24.0 Å². The fraction of sp³-hybridized carbons (Fsp3) is 0.529. The number of nitrogens with zero attached hydrogens (tertiary/aromatic N) is 3.